The number of nitrogen functional groups attached to an aromatic ring is 1. The van der Waals surface area contributed by atoms with Gasteiger partial charge < -0.3 is 10.7 Å². The van der Waals surface area contributed by atoms with E-state index in [2.05, 4.69) is 21.1 Å². The largest absolute Gasteiger partial charge is 0.399 e. The lowest BCUT2D eigenvalue weighted by Gasteiger charge is -1.88. The number of H-pyrrole nitrogens is 1. The first-order chi connectivity index (χ1) is 10.1. The average molecular weight is 279 g/mol. The van der Waals surface area contributed by atoms with Gasteiger partial charge in [-0.2, -0.15) is 5.10 Å². The van der Waals surface area contributed by atoms with E-state index in [0.717, 1.165) is 27.9 Å². The number of fused-ring (bicyclic) bond motifs is 2. The summed E-state index contributed by atoms with van der Waals surface area (Å²) in [6, 6.07) is 11.8. The van der Waals surface area contributed by atoms with Crippen molar-refractivity contribution in [2.45, 2.75) is 6.92 Å². The van der Waals surface area contributed by atoms with Crippen molar-refractivity contribution >= 4 is 27.6 Å². The second-order valence-electron chi connectivity index (χ2n) is 5.01. The fourth-order valence-electron chi connectivity index (χ4n) is 2.26. The molecule has 0 saturated heterocycles. The number of pyridine rings is 1. The molecule has 106 valence electrons. The smallest absolute Gasteiger partial charge is 0.137 e. The number of benzene rings is 1. The minimum atomic E-state index is 0.783. The van der Waals surface area contributed by atoms with Crippen LogP contribution in [0.5, 0.6) is 0 Å². The molecule has 0 bridgehead atoms. The number of nitrogens with zero attached hydrogens (tertiary/aromatic N) is 3. The van der Waals surface area contributed by atoms with Gasteiger partial charge in [-0.05, 0) is 43.3 Å². The van der Waals surface area contributed by atoms with Crippen LogP contribution in [0, 0.1) is 6.92 Å². The summed E-state index contributed by atoms with van der Waals surface area (Å²) in [5.74, 6) is 0. The summed E-state index contributed by atoms with van der Waals surface area (Å²) >= 11 is 0. The molecule has 3 aromatic heterocycles. The van der Waals surface area contributed by atoms with E-state index in [1.54, 1.807) is 10.9 Å². The lowest BCUT2D eigenvalue weighted by atomic mass is 10.2. The summed E-state index contributed by atoms with van der Waals surface area (Å²) in [6.07, 6.45) is 3.74. The molecule has 0 aliphatic heterocycles. The SMILES string of the molecule is Cc1cc2cccnc2[nH]1.Cn1cc2cc(N)ccc2n1. The molecule has 0 amide bonds. The zero-order valence-corrected chi connectivity index (χ0v) is 12.0. The van der Waals surface area contributed by atoms with Gasteiger partial charge in [0.1, 0.15) is 5.65 Å². The lowest BCUT2D eigenvalue weighted by molar-refractivity contribution is 0.780. The Hall–Kier alpha value is -2.82. The highest BCUT2D eigenvalue weighted by molar-refractivity contribution is 5.81. The van der Waals surface area contributed by atoms with Crippen LogP contribution in [0.1, 0.15) is 5.69 Å². The molecule has 0 aliphatic carbocycles. The topological polar surface area (TPSA) is 72.5 Å². The fraction of sp³-hybridized carbons (Fsp3) is 0.125. The van der Waals surface area contributed by atoms with Crippen LogP contribution < -0.4 is 5.73 Å². The van der Waals surface area contributed by atoms with Crippen LogP contribution in [0.25, 0.3) is 21.9 Å². The Morgan fingerprint density at radius 2 is 2.00 bits per heavy atom. The van der Waals surface area contributed by atoms with Gasteiger partial charge in [-0.1, -0.05) is 0 Å². The number of nitrogens with one attached hydrogen (secondary N) is 1. The molecule has 3 N–H and O–H groups in total. The third kappa shape index (κ3) is 2.86. The highest BCUT2D eigenvalue weighted by Crippen LogP contribution is 2.14. The summed E-state index contributed by atoms with van der Waals surface area (Å²) in [5, 5.41) is 6.49. The molecule has 21 heavy (non-hydrogen) atoms. The molecule has 4 rings (SSSR count). The van der Waals surface area contributed by atoms with Gasteiger partial charge in [-0.15, -0.1) is 0 Å². The van der Waals surface area contributed by atoms with Crippen LogP contribution in [0.4, 0.5) is 5.69 Å². The number of hydrogen-bond acceptors (Lipinski definition) is 3. The Morgan fingerprint density at radius 1 is 1.14 bits per heavy atom. The van der Waals surface area contributed by atoms with E-state index in [-0.39, 0.29) is 0 Å². The second kappa shape index (κ2) is 5.28. The minimum absolute atomic E-state index is 0.783. The molecule has 0 aliphatic rings. The van der Waals surface area contributed by atoms with E-state index in [9.17, 15) is 0 Å². The van der Waals surface area contributed by atoms with Gasteiger partial charge in [-0.3, -0.25) is 4.68 Å². The highest BCUT2D eigenvalue weighted by Gasteiger charge is 1.96. The summed E-state index contributed by atoms with van der Waals surface area (Å²) < 4.78 is 1.78. The van der Waals surface area contributed by atoms with Gasteiger partial charge in [0.25, 0.3) is 0 Å². The van der Waals surface area contributed by atoms with E-state index in [1.807, 2.05) is 50.5 Å². The van der Waals surface area contributed by atoms with E-state index < -0.39 is 0 Å². The van der Waals surface area contributed by atoms with Crippen LogP contribution in [0.15, 0.2) is 48.8 Å². The van der Waals surface area contributed by atoms with Gasteiger partial charge in [0, 0.05) is 41.6 Å². The summed E-state index contributed by atoms with van der Waals surface area (Å²) in [5.41, 5.74) is 9.50. The van der Waals surface area contributed by atoms with Crippen molar-refractivity contribution in [2.24, 2.45) is 7.05 Å². The Bertz CT molecular complexity index is 855. The first kappa shape index (κ1) is 13.2. The quantitative estimate of drug-likeness (QED) is 0.486. The van der Waals surface area contributed by atoms with E-state index in [0.29, 0.717) is 0 Å². The Labute approximate surface area is 122 Å². The summed E-state index contributed by atoms with van der Waals surface area (Å²) in [7, 11) is 1.90. The molecule has 0 spiro atoms. The Balaban J connectivity index is 0.000000126. The molecule has 0 radical (unpaired) electrons. The van der Waals surface area contributed by atoms with Gasteiger partial charge in [-0.25, -0.2) is 4.98 Å². The maximum absolute atomic E-state index is 5.60. The molecular formula is C16H17N5. The molecular weight excluding hydrogens is 262 g/mol. The van der Waals surface area contributed by atoms with Gasteiger partial charge >= 0.3 is 0 Å². The minimum Gasteiger partial charge on any atom is -0.399 e. The van der Waals surface area contributed by atoms with Crippen molar-refractivity contribution in [3.05, 3.63) is 54.5 Å². The second-order valence-corrected chi connectivity index (χ2v) is 5.01. The number of aromatic amines is 1. The Kier molecular flexibility index (Phi) is 3.31. The van der Waals surface area contributed by atoms with Crippen molar-refractivity contribution in [1.82, 2.24) is 19.7 Å². The maximum Gasteiger partial charge on any atom is 0.137 e. The third-order valence-corrected chi connectivity index (χ3v) is 3.17. The average Bonchev–Trinajstić information content (AvgIpc) is 2.99. The van der Waals surface area contributed by atoms with Crippen LogP contribution in [0.3, 0.4) is 0 Å². The maximum atomic E-state index is 5.60. The predicted octanol–water partition coefficient (Wildman–Crippen LogP) is 3.03. The zero-order valence-electron chi connectivity index (χ0n) is 12.0. The number of aryl methyl sites for hydroxylation is 2. The van der Waals surface area contributed by atoms with Crippen LogP contribution >= 0.6 is 0 Å². The number of anilines is 1. The lowest BCUT2D eigenvalue weighted by Crippen LogP contribution is -1.84. The summed E-state index contributed by atoms with van der Waals surface area (Å²) in [4.78, 5) is 7.29. The van der Waals surface area contributed by atoms with Crippen molar-refractivity contribution in [1.29, 1.82) is 0 Å². The summed E-state index contributed by atoms with van der Waals surface area (Å²) in [6.45, 7) is 2.03. The number of rotatable bonds is 0. The molecule has 0 atom stereocenters. The van der Waals surface area contributed by atoms with Crippen molar-refractivity contribution in [3.63, 3.8) is 0 Å². The molecule has 1 aromatic carbocycles. The van der Waals surface area contributed by atoms with Gasteiger partial charge in [0.15, 0.2) is 0 Å². The Morgan fingerprint density at radius 3 is 2.81 bits per heavy atom. The molecule has 0 fully saturated rings. The molecule has 0 unspecified atom stereocenters. The first-order valence-electron chi connectivity index (χ1n) is 6.71. The van der Waals surface area contributed by atoms with E-state index in [1.165, 1.54) is 5.39 Å². The molecule has 3 heterocycles. The normalized spacial score (nSPS) is 10.6. The highest BCUT2D eigenvalue weighted by atomic mass is 15.2. The van der Waals surface area contributed by atoms with Gasteiger partial charge in [0.05, 0.1) is 5.52 Å². The fourth-order valence-corrected chi connectivity index (χ4v) is 2.26. The predicted molar refractivity (Wildman–Crippen MR) is 86.0 cm³/mol. The number of aromatic nitrogens is 4. The molecule has 4 aromatic rings. The number of nitrogens with two attached hydrogens (primary N) is 1. The standard InChI is InChI=1S/C8H9N3.C8H8N2/c1-11-5-6-4-7(9)2-3-8(6)10-11;1-6-5-7-3-2-4-9-8(7)10-6/h2-5H,9H2,1H3;2-5H,1H3,(H,9,10). The monoisotopic (exact) mass is 279 g/mol. The molecule has 5 nitrogen and oxygen atoms in total. The number of hydrogen-bond donors (Lipinski definition) is 2. The molecule has 0 saturated carbocycles. The van der Waals surface area contributed by atoms with Crippen LogP contribution in [-0.4, -0.2) is 19.7 Å². The van der Waals surface area contributed by atoms with Gasteiger partial charge in [0.2, 0.25) is 0 Å². The van der Waals surface area contributed by atoms with Crippen molar-refractivity contribution < 1.29 is 0 Å². The van der Waals surface area contributed by atoms with Crippen molar-refractivity contribution in [2.75, 3.05) is 5.73 Å². The van der Waals surface area contributed by atoms with Crippen LogP contribution in [-0.2, 0) is 7.05 Å². The van der Waals surface area contributed by atoms with E-state index in [4.69, 9.17) is 5.73 Å². The first-order valence-corrected chi connectivity index (χ1v) is 6.71. The van der Waals surface area contributed by atoms with Crippen LogP contribution in [0.2, 0.25) is 0 Å². The molecule has 5 heteroatoms. The van der Waals surface area contributed by atoms with Crippen molar-refractivity contribution in [3.8, 4) is 0 Å². The zero-order chi connectivity index (χ0) is 14.8. The third-order valence-electron chi connectivity index (χ3n) is 3.17. The van der Waals surface area contributed by atoms with E-state index >= 15 is 0 Å².